The third kappa shape index (κ3) is 4.85. The molecule has 3 rings (SSSR count). The highest BCUT2D eigenvalue weighted by Crippen LogP contribution is 2.04. The van der Waals surface area contributed by atoms with Gasteiger partial charge in [0.25, 0.3) is 11.5 Å². The van der Waals surface area contributed by atoms with E-state index in [1.165, 1.54) is 23.0 Å². The Balaban J connectivity index is 1.51. The van der Waals surface area contributed by atoms with Gasteiger partial charge in [-0.1, -0.05) is 24.3 Å². The van der Waals surface area contributed by atoms with Gasteiger partial charge in [-0.25, -0.2) is 9.37 Å². The van der Waals surface area contributed by atoms with E-state index in [0.29, 0.717) is 17.4 Å². The molecule has 27 heavy (non-hydrogen) atoms. The zero-order chi connectivity index (χ0) is 19.2. The standard InChI is InChI=1S/C18H16FN5O2S/c19-13-7-5-12(6-8-13)9-20-18(27)23-22-16(25)10-24-11-21-15-4-2-1-3-14(15)17(24)26/h1-8,11H,9-10H2,(H,22,25)(H2,20,23,27). The van der Waals surface area contributed by atoms with Crippen LogP contribution in [0.3, 0.4) is 0 Å². The number of benzene rings is 2. The Morgan fingerprint density at radius 3 is 2.63 bits per heavy atom. The highest BCUT2D eigenvalue weighted by atomic mass is 32.1. The lowest BCUT2D eigenvalue weighted by atomic mass is 10.2. The third-order valence-corrected chi connectivity index (χ3v) is 3.97. The Morgan fingerprint density at radius 2 is 1.85 bits per heavy atom. The van der Waals surface area contributed by atoms with Crippen molar-refractivity contribution in [3.63, 3.8) is 0 Å². The van der Waals surface area contributed by atoms with Crippen LogP contribution in [0.1, 0.15) is 5.56 Å². The summed E-state index contributed by atoms with van der Waals surface area (Å²) in [6, 6.07) is 12.9. The summed E-state index contributed by atoms with van der Waals surface area (Å²) in [6.07, 6.45) is 1.33. The molecule has 0 radical (unpaired) electrons. The minimum Gasteiger partial charge on any atom is -0.357 e. The molecule has 138 valence electrons. The molecule has 9 heteroatoms. The molecule has 2 aromatic carbocycles. The average Bonchev–Trinajstić information content (AvgIpc) is 2.68. The summed E-state index contributed by atoms with van der Waals surface area (Å²) < 4.78 is 14.1. The Kier molecular flexibility index (Phi) is 5.72. The molecule has 7 nitrogen and oxygen atoms in total. The van der Waals surface area contributed by atoms with Crippen molar-refractivity contribution in [2.75, 3.05) is 0 Å². The van der Waals surface area contributed by atoms with E-state index in [-0.39, 0.29) is 23.0 Å². The quantitative estimate of drug-likeness (QED) is 0.463. The molecule has 3 N–H and O–H groups in total. The van der Waals surface area contributed by atoms with Crippen LogP contribution >= 0.6 is 12.2 Å². The minimum atomic E-state index is -0.458. The summed E-state index contributed by atoms with van der Waals surface area (Å²) in [5.41, 5.74) is 6.07. The van der Waals surface area contributed by atoms with Crippen LogP contribution in [0.5, 0.6) is 0 Å². The molecule has 1 aromatic heterocycles. The molecule has 1 amide bonds. The van der Waals surface area contributed by atoms with E-state index in [9.17, 15) is 14.0 Å². The molecule has 3 aromatic rings. The Hall–Kier alpha value is -3.33. The van der Waals surface area contributed by atoms with Crippen molar-refractivity contribution in [1.29, 1.82) is 0 Å². The van der Waals surface area contributed by atoms with E-state index in [1.54, 1.807) is 36.4 Å². The smallest absolute Gasteiger partial charge is 0.261 e. The molecule has 0 aliphatic rings. The van der Waals surface area contributed by atoms with E-state index in [0.717, 1.165) is 5.56 Å². The molecule has 0 aliphatic heterocycles. The van der Waals surface area contributed by atoms with E-state index >= 15 is 0 Å². The second kappa shape index (κ2) is 8.37. The fourth-order valence-electron chi connectivity index (χ4n) is 2.37. The number of nitrogens with zero attached hydrogens (tertiary/aromatic N) is 2. The Labute approximate surface area is 159 Å². The molecule has 0 spiro atoms. The number of carbonyl (C=O) groups excluding carboxylic acids is 1. The first-order chi connectivity index (χ1) is 13.0. The van der Waals surface area contributed by atoms with Crippen molar-refractivity contribution < 1.29 is 9.18 Å². The van der Waals surface area contributed by atoms with Gasteiger partial charge in [-0.3, -0.25) is 25.0 Å². The molecule has 0 unspecified atom stereocenters. The molecule has 0 aliphatic carbocycles. The summed E-state index contributed by atoms with van der Waals surface area (Å²) in [5.74, 6) is -0.773. The number of thiocarbonyl (C=S) groups is 1. The predicted molar refractivity (Wildman–Crippen MR) is 103 cm³/mol. The minimum absolute atomic E-state index is 0.191. The number of hydrogen-bond acceptors (Lipinski definition) is 4. The normalized spacial score (nSPS) is 10.4. The Bertz CT molecular complexity index is 1040. The highest BCUT2D eigenvalue weighted by molar-refractivity contribution is 7.80. The van der Waals surface area contributed by atoms with Gasteiger partial charge in [0, 0.05) is 6.54 Å². The molecule has 0 fully saturated rings. The molecule has 0 saturated heterocycles. The maximum absolute atomic E-state index is 12.9. The fraction of sp³-hybridized carbons (Fsp3) is 0.111. The third-order valence-electron chi connectivity index (χ3n) is 3.73. The first kappa shape index (κ1) is 18.5. The lowest BCUT2D eigenvalue weighted by molar-refractivity contribution is -0.122. The van der Waals surface area contributed by atoms with Crippen LogP contribution in [0.25, 0.3) is 10.9 Å². The van der Waals surface area contributed by atoms with Gasteiger partial charge < -0.3 is 5.32 Å². The van der Waals surface area contributed by atoms with Gasteiger partial charge in [0.05, 0.1) is 17.2 Å². The number of fused-ring (bicyclic) bond motifs is 1. The lowest BCUT2D eigenvalue weighted by Crippen LogP contribution is -2.48. The van der Waals surface area contributed by atoms with Crippen LogP contribution in [-0.2, 0) is 17.9 Å². The number of para-hydroxylation sites is 1. The summed E-state index contributed by atoms with van der Waals surface area (Å²) >= 11 is 5.06. The number of aromatic nitrogens is 2. The first-order valence-corrected chi connectivity index (χ1v) is 8.45. The number of carbonyl (C=O) groups is 1. The predicted octanol–water partition coefficient (Wildman–Crippen LogP) is 1.23. The highest BCUT2D eigenvalue weighted by Gasteiger charge is 2.08. The lowest BCUT2D eigenvalue weighted by Gasteiger charge is -2.12. The maximum Gasteiger partial charge on any atom is 0.261 e. The topological polar surface area (TPSA) is 88.0 Å². The van der Waals surface area contributed by atoms with Gasteiger partial charge in [0.1, 0.15) is 12.4 Å². The van der Waals surface area contributed by atoms with Crippen molar-refractivity contribution in [2.45, 2.75) is 13.1 Å². The molecular formula is C18H16FN5O2S. The number of nitrogens with one attached hydrogen (secondary N) is 3. The van der Waals surface area contributed by atoms with Crippen molar-refractivity contribution in [2.24, 2.45) is 0 Å². The number of halogens is 1. The zero-order valence-corrected chi connectivity index (χ0v) is 14.9. The second-order valence-electron chi connectivity index (χ2n) is 5.68. The van der Waals surface area contributed by atoms with E-state index in [1.807, 2.05) is 0 Å². The summed E-state index contributed by atoms with van der Waals surface area (Å²) in [7, 11) is 0. The van der Waals surface area contributed by atoms with Crippen LogP contribution in [-0.4, -0.2) is 20.6 Å². The summed E-state index contributed by atoms with van der Waals surface area (Å²) in [6.45, 7) is 0.167. The van der Waals surface area contributed by atoms with Gasteiger partial charge in [-0.2, -0.15) is 0 Å². The molecule has 0 atom stereocenters. The average molecular weight is 385 g/mol. The van der Waals surface area contributed by atoms with Gasteiger partial charge in [0.2, 0.25) is 0 Å². The number of hydrogen-bond donors (Lipinski definition) is 3. The monoisotopic (exact) mass is 385 g/mol. The van der Waals surface area contributed by atoms with Crippen LogP contribution in [0, 0.1) is 5.82 Å². The van der Waals surface area contributed by atoms with Crippen molar-refractivity contribution >= 4 is 34.1 Å². The molecule has 0 bridgehead atoms. The van der Waals surface area contributed by atoms with E-state index < -0.39 is 5.91 Å². The van der Waals surface area contributed by atoms with E-state index in [4.69, 9.17) is 12.2 Å². The Morgan fingerprint density at radius 1 is 1.11 bits per heavy atom. The fourth-order valence-corrected chi connectivity index (χ4v) is 2.49. The first-order valence-electron chi connectivity index (χ1n) is 8.04. The summed E-state index contributed by atoms with van der Waals surface area (Å²) in [5, 5.41) is 3.51. The largest absolute Gasteiger partial charge is 0.357 e. The van der Waals surface area contributed by atoms with Crippen molar-refractivity contribution in [3.8, 4) is 0 Å². The molecular weight excluding hydrogens is 369 g/mol. The summed E-state index contributed by atoms with van der Waals surface area (Å²) in [4.78, 5) is 28.5. The number of rotatable bonds is 4. The van der Waals surface area contributed by atoms with Crippen LogP contribution in [0.2, 0.25) is 0 Å². The van der Waals surface area contributed by atoms with Gasteiger partial charge in [0.15, 0.2) is 5.11 Å². The second-order valence-corrected chi connectivity index (χ2v) is 6.09. The maximum atomic E-state index is 12.9. The van der Waals surface area contributed by atoms with Gasteiger partial charge in [-0.05, 0) is 42.0 Å². The van der Waals surface area contributed by atoms with Crippen molar-refractivity contribution in [3.05, 3.63) is 76.6 Å². The number of hydrazine groups is 1. The van der Waals surface area contributed by atoms with E-state index in [2.05, 4.69) is 21.2 Å². The van der Waals surface area contributed by atoms with Gasteiger partial charge in [-0.15, -0.1) is 0 Å². The molecule has 1 heterocycles. The SMILES string of the molecule is O=C(Cn1cnc2ccccc2c1=O)NNC(=S)NCc1ccc(F)cc1. The molecule has 0 saturated carbocycles. The number of amides is 1. The zero-order valence-electron chi connectivity index (χ0n) is 14.1. The van der Waals surface area contributed by atoms with Gasteiger partial charge >= 0.3 is 0 Å². The van der Waals surface area contributed by atoms with Crippen LogP contribution < -0.4 is 21.7 Å². The van der Waals surface area contributed by atoms with Crippen LogP contribution in [0.4, 0.5) is 4.39 Å². The van der Waals surface area contributed by atoms with Crippen molar-refractivity contribution in [1.82, 2.24) is 25.7 Å². The van der Waals surface area contributed by atoms with Crippen LogP contribution in [0.15, 0.2) is 59.7 Å².